The number of carbonyl (C=O) groups excluding carboxylic acids is 3. The number of rotatable bonds is 10. The molecule has 39 heavy (non-hydrogen) atoms. The second kappa shape index (κ2) is 12.4. The summed E-state index contributed by atoms with van der Waals surface area (Å²) in [6, 6.07) is 11.6. The van der Waals surface area contributed by atoms with Crippen molar-refractivity contribution < 1.29 is 28.6 Å². The van der Waals surface area contributed by atoms with Crippen LogP contribution in [0.3, 0.4) is 0 Å². The minimum Gasteiger partial charge on any atom is -0.493 e. The summed E-state index contributed by atoms with van der Waals surface area (Å²) in [7, 11) is 3.08. The number of fused-ring (bicyclic) bond motifs is 1. The Balaban J connectivity index is 1.33. The average Bonchev–Trinajstić information content (AvgIpc) is 3.31. The van der Waals surface area contributed by atoms with Gasteiger partial charge in [-0.1, -0.05) is 0 Å². The number of nitrogens with two attached hydrogens (primary N) is 1. The zero-order valence-corrected chi connectivity index (χ0v) is 22.7. The van der Waals surface area contributed by atoms with Gasteiger partial charge in [-0.25, -0.2) is 5.43 Å². The molecule has 10 nitrogen and oxygen atoms in total. The molecule has 3 aromatic rings. The molecule has 1 aliphatic carbocycles. The van der Waals surface area contributed by atoms with E-state index in [0.29, 0.717) is 38.9 Å². The SMILES string of the molecule is COc1ccc(/C=N\NC(=O)[C@@H](C)Oc2ccc(C(=O)Nc3sc4c(c3C(N)=O)CCCC4)cc2)cc1OC. The molecule has 11 heteroatoms. The van der Waals surface area contributed by atoms with Crippen molar-refractivity contribution in [2.24, 2.45) is 10.8 Å². The molecule has 0 unspecified atom stereocenters. The Morgan fingerprint density at radius 2 is 1.74 bits per heavy atom. The number of primary amides is 1. The van der Waals surface area contributed by atoms with Crippen molar-refractivity contribution in [1.29, 1.82) is 0 Å². The summed E-state index contributed by atoms with van der Waals surface area (Å²) >= 11 is 1.41. The molecule has 0 bridgehead atoms. The van der Waals surface area contributed by atoms with Crippen LogP contribution in [0.25, 0.3) is 0 Å². The fraction of sp³-hybridized carbons (Fsp3) is 0.286. The molecule has 0 aliphatic heterocycles. The van der Waals surface area contributed by atoms with Crippen LogP contribution in [0.5, 0.6) is 17.2 Å². The van der Waals surface area contributed by atoms with E-state index in [1.807, 2.05) is 0 Å². The summed E-state index contributed by atoms with van der Waals surface area (Å²) < 4.78 is 16.2. The number of methoxy groups -OCH3 is 2. The van der Waals surface area contributed by atoms with E-state index in [1.165, 1.54) is 24.7 Å². The average molecular weight is 551 g/mol. The summed E-state index contributed by atoms with van der Waals surface area (Å²) in [6.07, 6.45) is 4.37. The number of thiophene rings is 1. The van der Waals surface area contributed by atoms with Crippen molar-refractivity contribution in [1.82, 2.24) is 5.43 Å². The number of hydrazone groups is 1. The van der Waals surface area contributed by atoms with E-state index < -0.39 is 17.9 Å². The van der Waals surface area contributed by atoms with Gasteiger partial charge in [-0.2, -0.15) is 5.10 Å². The molecule has 1 atom stereocenters. The summed E-state index contributed by atoms with van der Waals surface area (Å²) in [4.78, 5) is 38.5. The Labute approximate surface area is 230 Å². The third kappa shape index (κ3) is 6.55. The maximum absolute atomic E-state index is 12.9. The molecule has 1 aliphatic rings. The fourth-order valence-electron chi connectivity index (χ4n) is 4.23. The van der Waals surface area contributed by atoms with E-state index in [9.17, 15) is 14.4 Å². The third-order valence-corrected chi connectivity index (χ3v) is 7.45. The molecule has 4 N–H and O–H groups in total. The number of aryl methyl sites for hydroxylation is 1. The van der Waals surface area contributed by atoms with Gasteiger partial charge in [-0.3, -0.25) is 14.4 Å². The van der Waals surface area contributed by atoms with E-state index in [4.69, 9.17) is 19.9 Å². The molecule has 0 saturated carbocycles. The Bertz CT molecular complexity index is 1400. The second-order valence-electron chi connectivity index (χ2n) is 8.87. The van der Waals surface area contributed by atoms with Gasteiger partial charge in [-0.05, 0) is 86.2 Å². The van der Waals surface area contributed by atoms with Crippen LogP contribution in [0.1, 0.15) is 56.5 Å². The van der Waals surface area contributed by atoms with E-state index >= 15 is 0 Å². The van der Waals surface area contributed by atoms with Gasteiger partial charge < -0.3 is 25.3 Å². The standard InChI is InChI=1S/C28H30N4O6S/c1-16(26(34)32-30-15-17-8-13-21(36-2)22(14-17)37-3)38-19-11-9-18(10-12-19)27(35)31-28-24(25(29)33)20-6-4-5-7-23(20)39-28/h8-16H,4-7H2,1-3H3,(H2,29,33)(H,31,35)(H,32,34)/b30-15-/t16-/m1/s1. The van der Waals surface area contributed by atoms with Crippen LogP contribution >= 0.6 is 11.3 Å². The minimum absolute atomic E-state index is 0.363. The number of nitrogens with one attached hydrogen (secondary N) is 2. The number of anilines is 1. The quantitative estimate of drug-likeness (QED) is 0.258. The monoisotopic (exact) mass is 550 g/mol. The zero-order valence-electron chi connectivity index (χ0n) is 21.9. The summed E-state index contributed by atoms with van der Waals surface area (Å²) in [5.41, 5.74) is 10.5. The first-order valence-corrected chi connectivity index (χ1v) is 13.2. The molecule has 3 amide bonds. The molecule has 2 aromatic carbocycles. The van der Waals surface area contributed by atoms with Crippen molar-refractivity contribution in [3.05, 3.63) is 69.6 Å². The van der Waals surface area contributed by atoms with Crippen LogP contribution in [-0.2, 0) is 17.6 Å². The van der Waals surface area contributed by atoms with Gasteiger partial charge in [0.15, 0.2) is 17.6 Å². The Hall–Kier alpha value is -4.38. The molecular weight excluding hydrogens is 520 g/mol. The highest BCUT2D eigenvalue weighted by atomic mass is 32.1. The summed E-state index contributed by atoms with van der Waals surface area (Å²) in [5, 5.41) is 7.29. The predicted molar refractivity (Wildman–Crippen MR) is 149 cm³/mol. The lowest BCUT2D eigenvalue weighted by Crippen LogP contribution is -2.33. The van der Waals surface area contributed by atoms with Gasteiger partial charge in [0.25, 0.3) is 17.7 Å². The van der Waals surface area contributed by atoms with E-state index in [2.05, 4.69) is 15.8 Å². The zero-order chi connectivity index (χ0) is 27.9. The number of benzene rings is 2. The molecule has 0 radical (unpaired) electrons. The molecule has 4 rings (SSSR count). The number of ether oxygens (including phenoxy) is 3. The Morgan fingerprint density at radius 1 is 1.03 bits per heavy atom. The maximum Gasteiger partial charge on any atom is 0.280 e. The van der Waals surface area contributed by atoms with Crippen LogP contribution < -0.4 is 30.7 Å². The lowest BCUT2D eigenvalue weighted by atomic mass is 9.95. The predicted octanol–water partition coefficient (Wildman–Crippen LogP) is 3.91. The van der Waals surface area contributed by atoms with Crippen LogP contribution in [0.2, 0.25) is 0 Å². The second-order valence-corrected chi connectivity index (χ2v) is 9.97. The third-order valence-electron chi connectivity index (χ3n) is 6.24. The largest absolute Gasteiger partial charge is 0.493 e. The molecule has 0 fully saturated rings. The first kappa shape index (κ1) is 27.6. The normalized spacial score (nSPS) is 13.3. The molecule has 0 saturated heterocycles. The Morgan fingerprint density at radius 3 is 2.44 bits per heavy atom. The summed E-state index contributed by atoms with van der Waals surface area (Å²) in [6.45, 7) is 1.59. The number of carbonyl (C=O) groups is 3. The van der Waals surface area contributed by atoms with Crippen molar-refractivity contribution >= 4 is 40.3 Å². The van der Waals surface area contributed by atoms with Crippen molar-refractivity contribution in [3.63, 3.8) is 0 Å². The molecule has 1 aromatic heterocycles. The van der Waals surface area contributed by atoms with Crippen LogP contribution in [0.4, 0.5) is 5.00 Å². The first-order chi connectivity index (χ1) is 18.8. The van der Waals surface area contributed by atoms with Gasteiger partial charge >= 0.3 is 0 Å². The van der Waals surface area contributed by atoms with E-state index in [1.54, 1.807) is 56.5 Å². The van der Waals surface area contributed by atoms with Gasteiger partial charge in [0.05, 0.1) is 26.0 Å². The molecule has 0 spiro atoms. The highest BCUT2D eigenvalue weighted by Gasteiger charge is 2.25. The van der Waals surface area contributed by atoms with Crippen molar-refractivity contribution in [2.45, 2.75) is 38.7 Å². The molecule has 1 heterocycles. The lowest BCUT2D eigenvalue weighted by molar-refractivity contribution is -0.127. The fourth-order valence-corrected chi connectivity index (χ4v) is 5.52. The van der Waals surface area contributed by atoms with Gasteiger partial charge in [0, 0.05) is 10.4 Å². The Kier molecular flexibility index (Phi) is 8.82. The topological polar surface area (TPSA) is 141 Å². The van der Waals surface area contributed by atoms with Gasteiger partial charge in [0.1, 0.15) is 10.8 Å². The van der Waals surface area contributed by atoms with E-state index in [0.717, 1.165) is 36.1 Å². The highest BCUT2D eigenvalue weighted by Crippen LogP contribution is 2.38. The maximum atomic E-state index is 12.9. The number of hydrogen-bond donors (Lipinski definition) is 3. The van der Waals surface area contributed by atoms with Crippen LogP contribution in [-0.4, -0.2) is 44.3 Å². The number of amides is 3. The minimum atomic E-state index is -0.845. The summed E-state index contributed by atoms with van der Waals surface area (Å²) in [5.74, 6) is 0.192. The number of nitrogens with zero attached hydrogens (tertiary/aromatic N) is 1. The van der Waals surface area contributed by atoms with Crippen LogP contribution in [0.15, 0.2) is 47.6 Å². The first-order valence-electron chi connectivity index (χ1n) is 12.4. The lowest BCUT2D eigenvalue weighted by Gasteiger charge is -2.13. The number of hydrogen-bond acceptors (Lipinski definition) is 8. The van der Waals surface area contributed by atoms with E-state index in [-0.39, 0.29) is 5.91 Å². The van der Waals surface area contributed by atoms with Crippen LogP contribution in [0, 0.1) is 0 Å². The van der Waals surface area contributed by atoms with Gasteiger partial charge in [0.2, 0.25) is 0 Å². The van der Waals surface area contributed by atoms with Gasteiger partial charge in [-0.15, -0.1) is 11.3 Å². The highest BCUT2D eigenvalue weighted by molar-refractivity contribution is 7.17. The smallest absolute Gasteiger partial charge is 0.280 e. The van der Waals surface area contributed by atoms with Crippen molar-refractivity contribution in [3.8, 4) is 17.2 Å². The van der Waals surface area contributed by atoms with Crippen molar-refractivity contribution in [2.75, 3.05) is 19.5 Å². The molecular formula is C28H30N4O6S. The molecule has 204 valence electrons.